The summed E-state index contributed by atoms with van der Waals surface area (Å²) in [7, 11) is 0. The van der Waals surface area contributed by atoms with Gasteiger partial charge in [-0.3, -0.25) is 9.59 Å². The summed E-state index contributed by atoms with van der Waals surface area (Å²) in [5.41, 5.74) is 2.34. The predicted octanol–water partition coefficient (Wildman–Crippen LogP) is 5.77. The molecule has 4 rings (SSSR count). The van der Waals surface area contributed by atoms with Gasteiger partial charge in [-0.25, -0.2) is 0 Å². The minimum absolute atomic E-state index is 0. The lowest BCUT2D eigenvalue weighted by molar-refractivity contribution is -0.112. The van der Waals surface area contributed by atoms with E-state index in [0.29, 0.717) is 22.6 Å². The molecule has 1 N–H and O–H groups in total. The molecule has 0 heterocycles. The lowest BCUT2D eigenvalue weighted by Gasteiger charge is -2.31. The summed E-state index contributed by atoms with van der Waals surface area (Å²) in [5.74, 6) is -0.708. The van der Waals surface area contributed by atoms with Crippen LogP contribution in [0.15, 0.2) is 54.1 Å². The van der Waals surface area contributed by atoms with Gasteiger partial charge in [0, 0.05) is 21.7 Å². The summed E-state index contributed by atoms with van der Waals surface area (Å²) in [5, 5.41) is 11.4. The SMILES string of the molecule is Cl.O=C1C(=O)c2ccccc2C(O)=C1C1CCC(c2ccc(Cl)cc2)CC1. The molecule has 0 atom stereocenters. The van der Waals surface area contributed by atoms with Crippen LogP contribution in [0.3, 0.4) is 0 Å². The molecule has 0 radical (unpaired) electrons. The van der Waals surface area contributed by atoms with Gasteiger partial charge in [0.05, 0.1) is 0 Å². The van der Waals surface area contributed by atoms with E-state index in [0.717, 1.165) is 30.7 Å². The van der Waals surface area contributed by atoms with Gasteiger partial charge < -0.3 is 5.11 Å². The Morgan fingerprint density at radius 2 is 1.33 bits per heavy atom. The van der Waals surface area contributed by atoms with Crippen molar-refractivity contribution in [1.82, 2.24) is 0 Å². The zero-order chi connectivity index (χ0) is 18.3. The molecule has 5 heteroatoms. The summed E-state index contributed by atoms with van der Waals surface area (Å²) < 4.78 is 0. The molecule has 2 aromatic carbocycles. The number of aliphatic hydroxyl groups excluding tert-OH is 1. The standard InChI is InChI=1S/C22H19ClO3.ClH/c23-16-11-9-14(10-12-16)13-5-7-15(8-6-13)19-20(24)17-3-1-2-4-18(17)21(25)22(19)26;/h1-4,9-13,15,24H,5-8H2;1H. The first kappa shape index (κ1) is 19.7. The van der Waals surface area contributed by atoms with E-state index in [1.54, 1.807) is 24.3 Å². The van der Waals surface area contributed by atoms with Crippen molar-refractivity contribution in [2.24, 2.45) is 5.92 Å². The van der Waals surface area contributed by atoms with Crippen molar-refractivity contribution in [2.45, 2.75) is 31.6 Å². The van der Waals surface area contributed by atoms with Gasteiger partial charge in [-0.1, -0.05) is 48.0 Å². The molecule has 140 valence electrons. The highest BCUT2D eigenvalue weighted by atomic mass is 35.5. The third kappa shape index (κ3) is 3.54. The molecule has 0 aromatic heterocycles. The Hall–Kier alpha value is -2.10. The summed E-state index contributed by atoms with van der Waals surface area (Å²) in [6, 6.07) is 14.7. The molecule has 1 saturated carbocycles. The van der Waals surface area contributed by atoms with Gasteiger partial charge in [0.25, 0.3) is 0 Å². The minimum atomic E-state index is -0.545. The van der Waals surface area contributed by atoms with Gasteiger partial charge in [-0.15, -0.1) is 12.4 Å². The van der Waals surface area contributed by atoms with Crippen LogP contribution in [-0.4, -0.2) is 16.7 Å². The maximum Gasteiger partial charge on any atom is 0.234 e. The number of fused-ring (bicyclic) bond motifs is 1. The highest BCUT2D eigenvalue weighted by Gasteiger charge is 2.38. The molecule has 0 amide bonds. The third-order valence-corrected chi connectivity index (χ3v) is 5.86. The first-order valence-electron chi connectivity index (χ1n) is 8.93. The summed E-state index contributed by atoms with van der Waals surface area (Å²) in [6.07, 6.45) is 3.42. The number of aliphatic hydroxyl groups is 1. The number of Topliss-reactive ketones (excluding diaryl/α,β-unsaturated/α-hetero) is 2. The number of carbonyl (C=O) groups is 2. The Balaban J connectivity index is 0.00000210. The molecule has 0 spiro atoms. The number of ketones is 2. The van der Waals surface area contributed by atoms with Crippen LogP contribution in [0, 0.1) is 5.92 Å². The van der Waals surface area contributed by atoms with Crippen molar-refractivity contribution < 1.29 is 14.7 Å². The van der Waals surface area contributed by atoms with Gasteiger partial charge in [0.1, 0.15) is 5.76 Å². The zero-order valence-electron chi connectivity index (χ0n) is 14.7. The number of rotatable bonds is 2. The van der Waals surface area contributed by atoms with Gasteiger partial charge in [0.15, 0.2) is 0 Å². The number of hydrogen-bond donors (Lipinski definition) is 1. The lowest BCUT2D eigenvalue weighted by Crippen LogP contribution is -2.29. The van der Waals surface area contributed by atoms with Crippen LogP contribution < -0.4 is 0 Å². The molecule has 0 saturated heterocycles. The molecule has 0 bridgehead atoms. The van der Waals surface area contributed by atoms with Crippen LogP contribution in [0.2, 0.25) is 5.02 Å². The Morgan fingerprint density at radius 1 is 0.778 bits per heavy atom. The maximum atomic E-state index is 12.6. The van der Waals surface area contributed by atoms with Crippen molar-refractivity contribution in [3.8, 4) is 0 Å². The van der Waals surface area contributed by atoms with E-state index in [1.807, 2.05) is 12.1 Å². The topological polar surface area (TPSA) is 54.4 Å². The second kappa shape index (κ2) is 7.87. The summed E-state index contributed by atoms with van der Waals surface area (Å²) >= 11 is 5.96. The second-order valence-corrected chi connectivity index (χ2v) is 7.50. The number of benzene rings is 2. The fourth-order valence-electron chi connectivity index (χ4n) is 4.21. The van der Waals surface area contributed by atoms with E-state index < -0.39 is 11.6 Å². The van der Waals surface area contributed by atoms with Crippen molar-refractivity contribution in [2.75, 3.05) is 0 Å². The fraction of sp³-hybridized carbons (Fsp3) is 0.273. The molecule has 0 aliphatic heterocycles. The van der Waals surface area contributed by atoms with E-state index in [1.165, 1.54) is 5.56 Å². The Kier molecular flexibility index (Phi) is 5.73. The van der Waals surface area contributed by atoms with Gasteiger partial charge in [-0.05, 0) is 55.2 Å². The largest absolute Gasteiger partial charge is 0.507 e. The van der Waals surface area contributed by atoms with Gasteiger partial charge in [0.2, 0.25) is 11.6 Å². The maximum absolute atomic E-state index is 12.6. The van der Waals surface area contributed by atoms with Gasteiger partial charge in [-0.2, -0.15) is 0 Å². The molecule has 3 nitrogen and oxygen atoms in total. The Morgan fingerprint density at radius 3 is 1.96 bits per heavy atom. The minimum Gasteiger partial charge on any atom is -0.507 e. The number of hydrogen-bond acceptors (Lipinski definition) is 3. The summed E-state index contributed by atoms with van der Waals surface area (Å²) in [4.78, 5) is 25.0. The van der Waals surface area contributed by atoms with Crippen LogP contribution in [0.25, 0.3) is 5.76 Å². The third-order valence-electron chi connectivity index (χ3n) is 5.61. The fourth-order valence-corrected chi connectivity index (χ4v) is 4.34. The second-order valence-electron chi connectivity index (χ2n) is 7.07. The molecular weight excluding hydrogens is 383 g/mol. The highest BCUT2D eigenvalue weighted by Crippen LogP contribution is 2.42. The molecule has 27 heavy (non-hydrogen) atoms. The van der Waals surface area contributed by atoms with Crippen molar-refractivity contribution in [1.29, 1.82) is 0 Å². The quantitative estimate of drug-likeness (QED) is 0.648. The molecule has 2 aromatic rings. The molecule has 2 aliphatic rings. The normalized spacial score (nSPS) is 22.3. The smallest absolute Gasteiger partial charge is 0.234 e. The average Bonchev–Trinajstić information content (AvgIpc) is 2.68. The number of halogens is 2. The monoisotopic (exact) mass is 402 g/mol. The molecule has 0 unspecified atom stereocenters. The van der Waals surface area contributed by atoms with E-state index in [2.05, 4.69) is 12.1 Å². The molecule has 1 fully saturated rings. The number of allylic oxidation sites excluding steroid dienone is 1. The van der Waals surface area contributed by atoms with E-state index in [-0.39, 0.29) is 24.1 Å². The van der Waals surface area contributed by atoms with E-state index in [4.69, 9.17) is 11.6 Å². The van der Waals surface area contributed by atoms with Crippen LogP contribution in [-0.2, 0) is 4.79 Å². The van der Waals surface area contributed by atoms with Crippen molar-refractivity contribution >= 4 is 41.3 Å². The first-order valence-corrected chi connectivity index (χ1v) is 9.31. The van der Waals surface area contributed by atoms with Gasteiger partial charge >= 0.3 is 0 Å². The molecule has 2 aliphatic carbocycles. The van der Waals surface area contributed by atoms with Crippen LogP contribution in [0.4, 0.5) is 0 Å². The predicted molar refractivity (Wildman–Crippen MR) is 109 cm³/mol. The highest BCUT2D eigenvalue weighted by molar-refractivity contribution is 6.52. The first-order chi connectivity index (χ1) is 12.6. The summed E-state index contributed by atoms with van der Waals surface area (Å²) in [6.45, 7) is 0. The van der Waals surface area contributed by atoms with Crippen molar-refractivity contribution in [3.63, 3.8) is 0 Å². The van der Waals surface area contributed by atoms with Crippen LogP contribution >= 0.6 is 24.0 Å². The number of carbonyl (C=O) groups excluding carboxylic acids is 2. The Labute approximate surface area is 169 Å². The van der Waals surface area contributed by atoms with Crippen LogP contribution in [0.1, 0.15) is 53.1 Å². The lowest BCUT2D eigenvalue weighted by atomic mass is 9.72. The average molecular weight is 403 g/mol. The Bertz CT molecular complexity index is 907. The zero-order valence-corrected chi connectivity index (χ0v) is 16.2. The van der Waals surface area contributed by atoms with E-state index in [9.17, 15) is 14.7 Å². The van der Waals surface area contributed by atoms with Crippen molar-refractivity contribution in [3.05, 3.63) is 75.8 Å². The van der Waals surface area contributed by atoms with E-state index >= 15 is 0 Å². The van der Waals surface area contributed by atoms with Crippen LogP contribution in [0.5, 0.6) is 0 Å². The molecular formula is C22H20Cl2O3.